The first-order chi connectivity index (χ1) is 11.1. The predicted octanol–water partition coefficient (Wildman–Crippen LogP) is 4.29. The van der Waals surface area contributed by atoms with Crippen LogP contribution in [-0.4, -0.2) is 22.8 Å². The van der Waals surface area contributed by atoms with Gasteiger partial charge in [-0.05, 0) is 6.42 Å². The van der Waals surface area contributed by atoms with Crippen molar-refractivity contribution in [3.8, 4) is 0 Å². The van der Waals surface area contributed by atoms with Gasteiger partial charge >= 0.3 is 5.97 Å². The van der Waals surface area contributed by atoms with Crippen molar-refractivity contribution < 1.29 is 19.2 Å². The van der Waals surface area contributed by atoms with Gasteiger partial charge < -0.3 is 4.84 Å². The maximum absolute atomic E-state index is 11.6. The van der Waals surface area contributed by atoms with Gasteiger partial charge in [-0.1, -0.05) is 71.1 Å². The Kier molecular flexibility index (Phi) is 10.3. The number of carbonyl (C=O) groups is 3. The van der Waals surface area contributed by atoms with Crippen molar-refractivity contribution in [1.29, 1.82) is 0 Å². The van der Waals surface area contributed by atoms with Crippen LogP contribution in [0.3, 0.4) is 0 Å². The van der Waals surface area contributed by atoms with E-state index in [1.165, 1.54) is 51.4 Å². The molecule has 1 fully saturated rings. The first-order valence-corrected chi connectivity index (χ1v) is 9.21. The molecule has 1 aliphatic rings. The predicted molar refractivity (Wildman–Crippen MR) is 88.3 cm³/mol. The van der Waals surface area contributed by atoms with E-state index in [0.717, 1.165) is 19.3 Å². The standard InChI is InChI=1S/C18H31NO4/c1-2-3-4-5-6-7-8-9-10-11-12-13-18(22)23-19-16(20)14-15-17(19)21/h2-15H2,1H3/i18+2. The Morgan fingerprint density at radius 2 is 1.26 bits per heavy atom. The summed E-state index contributed by atoms with van der Waals surface area (Å²) >= 11 is 0. The Morgan fingerprint density at radius 1 is 0.826 bits per heavy atom. The lowest BCUT2D eigenvalue weighted by molar-refractivity contribution is -0.197. The van der Waals surface area contributed by atoms with Crippen molar-refractivity contribution >= 4 is 17.8 Å². The van der Waals surface area contributed by atoms with E-state index < -0.39 is 17.8 Å². The molecule has 0 N–H and O–H groups in total. The molecule has 1 aliphatic heterocycles. The number of imide groups is 1. The normalized spacial score (nSPS) is 14.6. The van der Waals surface area contributed by atoms with Crippen LogP contribution in [0.15, 0.2) is 0 Å². The molecule has 0 aromatic heterocycles. The number of hydroxylamine groups is 2. The summed E-state index contributed by atoms with van der Waals surface area (Å²) in [4.78, 5) is 39.0. The number of amides is 2. The molecule has 0 atom stereocenters. The third kappa shape index (κ3) is 8.72. The quantitative estimate of drug-likeness (QED) is 0.374. The molecule has 0 spiro atoms. The fourth-order valence-electron chi connectivity index (χ4n) is 2.74. The number of unbranched alkanes of at least 4 members (excludes halogenated alkanes) is 10. The van der Waals surface area contributed by atoms with Gasteiger partial charge in [-0.3, -0.25) is 9.59 Å². The summed E-state index contributed by atoms with van der Waals surface area (Å²) < 4.78 is 0. The Balaban J connectivity index is 1.90. The van der Waals surface area contributed by atoms with Gasteiger partial charge in [0.2, 0.25) is 0 Å². The highest BCUT2D eigenvalue weighted by atomic mass is 16.9. The summed E-state index contributed by atoms with van der Waals surface area (Å²) in [5.41, 5.74) is 0. The maximum Gasteiger partial charge on any atom is 0.333 e. The van der Waals surface area contributed by atoms with Gasteiger partial charge in [0, 0.05) is 19.3 Å². The van der Waals surface area contributed by atoms with Gasteiger partial charge in [-0.15, -0.1) is 5.06 Å². The van der Waals surface area contributed by atoms with Crippen molar-refractivity contribution in [2.24, 2.45) is 0 Å². The zero-order valence-electron chi connectivity index (χ0n) is 14.5. The van der Waals surface area contributed by atoms with Crippen LogP contribution in [0.1, 0.15) is 96.8 Å². The molecule has 0 saturated carbocycles. The number of hydrogen-bond acceptors (Lipinski definition) is 4. The van der Waals surface area contributed by atoms with E-state index in [1.54, 1.807) is 0 Å². The molecule has 0 aliphatic carbocycles. The second kappa shape index (κ2) is 12.1. The van der Waals surface area contributed by atoms with Crippen LogP contribution in [0.25, 0.3) is 0 Å². The van der Waals surface area contributed by atoms with E-state index in [2.05, 4.69) is 6.92 Å². The fraction of sp³-hybridized carbons (Fsp3) is 0.833. The summed E-state index contributed by atoms with van der Waals surface area (Å²) in [6.07, 6.45) is 13.9. The molecule has 0 aromatic carbocycles. The topological polar surface area (TPSA) is 63.7 Å². The van der Waals surface area contributed by atoms with Crippen LogP contribution in [0.4, 0.5) is 0 Å². The monoisotopic (exact) mass is 327 g/mol. The lowest BCUT2D eigenvalue weighted by Crippen LogP contribution is -2.31. The molecule has 2 amide bonds. The SMILES string of the molecule is CCCCCCCCCCCCC[14C](=O)ON1C(=O)CCC1=O. The molecule has 5 nitrogen and oxygen atoms in total. The van der Waals surface area contributed by atoms with Gasteiger partial charge in [0.25, 0.3) is 11.8 Å². The minimum absolute atomic E-state index is 0.143. The Bertz CT molecular complexity index is 365. The lowest BCUT2D eigenvalue weighted by atomic mass is 10.1. The molecule has 1 saturated heterocycles. The minimum atomic E-state index is -0.482. The average Bonchev–Trinajstić information content (AvgIpc) is 2.84. The van der Waals surface area contributed by atoms with E-state index >= 15 is 0 Å². The van der Waals surface area contributed by atoms with E-state index in [9.17, 15) is 14.4 Å². The lowest BCUT2D eigenvalue weighted by Gasteiger charge is -2.12. The maximum atomic E-state index is 11.6. The number of nitrogens with zero attached hydrogens (tertiary/aromatic N) is 1. The highest BCUT2D eigenvalue weighted by Gasteiger charge is 2.32. The minimum Gasteiger partial charge on any atom is -0.330 e. The van der Waals surface area contributed by atoms with E-state index in [1.807, 2.05) is 0 Å². The third-order valence-corrected chi connectivity index (χ3v) is 4.18. The zero-order chi connectivity index (χ0) is 16.9. The molecule has 0 aromatic rings. The molecule has 0 unspecified atom stereocenters. The first kappa shape index (κ1) is 19.7. The van der Waals surface area contributed by atoms with Gasteiger partial charge in [0.1, 0.15) is 0 Å². The molecule has 0 bridgehead atoms. The van der Waals surface area contributed by atoms with Crippen molar-refractivity contribution in [2.75, 3.05) is 0 Å². The van der Waals surface area contributed by atoms with Crippen LogP contribution in [0, 0.1) is 0 Å². The largest absolute Gasteiger partial charge is 0.333 e. The van der Waals surface area contributed by atoms with E-state index in [4.69, 9.17) is 4.84 Å². The zero-order valence-corrected chi connectivity index (χ0v) is 14.5. The molecular formula is C18H31NO4. The molecule has 1 heterocycles. The smallest absolute Gasteiger partial charge is 0.330 e. The van der Waals surface area contributed by atoms with Crippen LogP contribution < -0.4 is 0 Å². The molecule has 23 heavy (non-hydrogen) atoms. The van der Waals surface area contributed by atoms with Crippen molar-refractivity contribution in [3.05, 3.63) is 0 Å². The van der Waals surface area contributed by atoms with Crippen molar-refractivity contribution in [3.63, 3.8) is 0 Å². The van der Waals surface area contributed by atoms with Gasteiger partial charge in [-0.2, -0.15) is 0 Å². The highest BCUT2D eigenvalue weighted by Crippen LogP contribution is 2.14. The molecule has 1 rings (SSSR count). The van der Waals surface area contributed by atoms with Crippen molar-refractivity contribution in [1.82, 2.24) is 5.06 Å². The summed E-state index contributed by atoms with van der Waals surface area (Å²) in [6.45, 7) is 2.23. The van der Waals surface area contributed by atoms with Crippen molar-refractivity contribution in [2.45, 2.75) is 96.8 Å². The van der Waals surface area contributed by atoms with E-state index in [-0.39, 0.29) is 19.3 Å². The van der Waals surface area contributed by atoms with Crippen LogP contribution in [0.2, 0.25) is 0 Å². The second-order valence-electron chi connectivity index (χ2n) is 6.33. The third-order valence-electron chi connectivity index (χ3n) is 4.18. The fourth-order valence-corrected chi connectivity index (χ4v) is 2.74. The summed E-state index contributed by atoms with van der Waals surface area (Å²) in [7, 11) is 0. The molecule has 5 heteroatoms. The van der Waals surface area contributed by atoms with Crippen LogP contribution in [0.5, 0.6) is 0 Å². The summed E-state index contributed by atoms with van der Waals surface area (Å²) in [5, 5.41) is 0.626. The highest BCUT2D eigenvalue weighted by molar-refractivity contribution is 6.01. The number of carbonyl (C=O) groups excluding carboxylic acids is 3. The van der Waals surface area contributed by atoms with Crippen LogP contribution >= 0.6 is 0 Å². The second-order valence-corrected chi connectivity index (χ2v) is 6.33. The van der Waals surface area contributed by atoms with Gasteiger partial charge in [0.05, 0.1) is 0 Å². The average molecular weight is 327 g/mol. The molecular weight excluding hydrogens is 296 g/mol. The Labute approximate surface area is 139 Å². The van der Waals surface area contributed by atoms with E-state index in [0.29, 0.717) is 5.06 Å². The number of hydrogen-bond donors (Lipinski definition) is 0. The Hall–Kier alpha value is -1.39. The molecule has 0 radical (unpaired) electrons. The molecule has 132 valence electrons. The van der Waals surface area contributed by atoms with Gasteiger partial charge in [0.15, 0.2) is 0 Å². The first-order valence-electron chi connectivity index (χ1n) is 9.21. The van der Waals surface area contributed by atoms with Gasteiger partial charge in [-0.25, -0.2) is 4.79 Å². The van der Waals surface area contributed by atoms with Crippen LogP contribution in [-0.2, 0) is 19.2 Å². The Morgan fingerprint density at radius 3 is 1.74 bits per heavy atom. The summed E-state index contributed by atoms with van der Waals surface area (Å²) in [5.74, 6) is -1.31. The number of rotatable bonds is 13. The summed E-state index contributed by atoms with van der Waals surface area (Å²) in [6, 6.07) is 0.